The predicted octanol–water partition coefficient (Wildman–Crippen LogP) is 1.41. The second kappa shape index (κ2) is 7.13. The lowest BCUT2D eigenvalue weighted by Crippen LogP contribution is -2.38. The van der Waals surface area contributed by atoms with Gasteiger partial charge >= 0.3 is 0 Å². The van der Waals surface area contributed by atoms with E-state index in [4.69, 9.17) is 9.47 Å². The van der Waals surface area contributed by atoms with Crippen molar-refractivity contribution in [3.05, 3.63) is 23.8 Å². The third kappa shape index (κ3) is 4.61. The van der Waals surface area contributed by atoms with Crippen molar-refractivity contribution in [2.75, 3.05) is 32.3 Å². The molecule has 1 aliphatic rings. The highest BCUT2D eigenvalue weighted by molar-refractivity contribution is 7.91. The Kier molecular flexibility index (Phi) is 5.47. The van der Waals surface area contributed by atoms with Crippen molar-refractivity contribution in [3.63, 3.8) is 0 Å². The molecule has 0 saturated carbocycles. The first kappa shape index (κ1) is 16.1. The van der Waals surface area contributed by atoms with E-state index in [0.717, 1.165) is 24.5 Å². The lowest BCUT2D eigenvalue weighted by Gasteiger charge is -2.23. The van der Waals surface area contributed by atoms with Crippen LogP contribution in [0.5, 0.6) is 11.5 Å². The minimum atomic E-state index is -2.78. The van der Waals surface area contributed by atoms with Gasteiger partial charge in [-0.3, -0.25) is 0 Å². The average molecular weight is 313 g/mol. The minimum Gasteiger partial charge on any atom is -0.493 e. The summed E-state index contributed by atoms with van der Waals surface area (Å²) < 4.78 is 33.2. The molecule has 0 unspecified atom stereocenters. The Morgan fingerprint density at radius 1 is 1.14 bits per heavy atom. The normalized spacial score (nSPS) is 18.4. The van der Waals surface area contributed by atoms with Crippen LogP contribution in [0.25, 0.3) is 0 Å². The number of sulfone groups is 1. The van der Waals surface area contributed by atoms with Crippen LogP contribution in [-0.2, 0) is 16.3 Å². The smallest absolute Gasteiger partial charge is 0.160 e. The molecule has 21 heavy (non-hydrogen) atoms. The predicted molar refractivity (Wildman–Crippen MR) is 82.9 cm³/mol. The maximum Gasteiger partial charge on any atom is 0.160 e. The van der Waals surface area contributed by atoms with Crippen LogP contribution in [-0.4, -0.2) is 46.7 Å². The number of hydrogen-bond acceptors (Lipinski definition) is 5. The molecule has 1 N–H and O–H groups in total. The SMILES string of the molecule is COc1ccc(CCNC2CCS(=O)(=O)CC2)cc1OC. The van der Waals surface area contributed by atoms with E-state index in [2.05, 4.69) is 5.32 Å². The molecule has 0 atom stereocenters. The number of rotatable bonds is 6. The fourth-order valence-electron chi connectivity index (χ4n) is 2.55. The first-order valence-electron chi connectivity index (χ1n) is 7.19. The molecular weight excluding hydrogens is 290 g/mol. The van der Waals surface area contributed by atoms with Gasteiger partial charge < -0.3 is 14.8 Å². The van der Waals surface area contributed by atoms with E-state index in [1.165, 1.54) is 5.56 Å². The molecule has 1 heterocycles. The number of ether oxygens (including phenoxy) is 2. The molecule has 118 valence electrons. The van der Waals surface area contributed by atoms with E-state index in [0.29, 0.717) is 30.4 Å². The summed E-state index contributed by atoms with van der Waals surface area (Å²) in [5.41, 5.74) is 1.17. The van der Waals surface area contributed by atoms with Gasteiger partial charge in [-0.1, -0.05) is 6.07 Å². The lowest BCUT2D eigenvalue weighted by molar-refractivity contribution is 0.354. The molecule has 1 aromatic carbocycles. The van der Waals surface area contributed by atoms with E-state index in [1.807, 2.05) is 18.2 Å². The maximum atomic E-state index is 11.4. The molecule has 0 aromatic heterocycles. The fourth-order valence-corrected chi connectivity index (χ4v) is 4.04. The van der Waals surface area contributed by atoms with Gasteiger partial charge in [0.2, 0.25) is 0 Å². The monoisotopic (exact) mass is 313 g/mol. The zero-order chi connectivity index (χ0) is 15.3. The Bertz CT molecular complexity index is 557. The van der Waals surface area contributed by atoms with Gasteiger partial charge in [-0.2, -0.15) is 0 Å². The first-order valence-corrected chi connectivity index (χ1v) is 9.01. The largest absolute Gasteiger partial charge is 0.493 e. The Morgan fingerprint density at radius 3 is 2.43 bits per heavy atom. The van der Waals surface area contributed by atoms with Gasteiger partial charge in [0.25, 0.3) is 0 Å². The van der Waals surface area contributed by atoms with Crippen molar-refractivity contribution in [2.24, 2.45) is 0 Å². The number of benzene rings is 1. The summed E-state index contributed by atoms with van der Waals surface area (Å²) in [6.07, 6.45) is 2.31. The van der Waals surface area contributed by atoms with Crippen molar-refractivity contribution in [1.82, 2.24) is 5.32 Å². The molecule has 1 aromatic rings. The van der Waals surface area contributed by atoms with E-state index < -0.39 is 9.84 Å². The van der Waals surface area contributed by atoms with Crippen LogP contribution in [0.15, 0.2) is 18.2 Å². The Labute approximate surface area is 126 Å². The van der Waals surface area contributed by atoms with Crippen molar-refractivity contribution >= 4 is 9.84 Å². The molecule has 1 saturated heterocycles. The maximum absolute atomic E-state index is 11.4. The van der Waals surface area contributed by atoms with Crippen molar-refractivity contribution < 1.29 is 17.9 Å². The van der Waals surface area contributed by atoms with E-state index in [-0.39, 0.29) is 0 Å². The van der Waals surface area contributed by atoms with Gasteiger partial charge in [0.05, 0.1) is 25.7 Å². The summed E-state index contributed by atoms with van der Waals surface area (Å²) in [7, 11) is 0.469. The van der Waals surface area contributed by atoms with Crippen LogP contribution in [0.1, 0.15) is 18.4 Å². The van der Waals surface area contributed by atoms with Crippen LogP contribution in [0.3, 0.4) is 0 Å². The van der Waals surface area contributed by atoms with E-state index in [9.17, 15) is 8.42 Å². The van der Waals surface area contributed by atoms with Crippen molar-refractivity contribution in [3.8, 4) is 11.5 Å². The highest BCUT2D eigenvalue weighted by Gasteiger charge is 2.22. The van der Waals surface area contributed by atoms with Crippen molar-refractivity contribution in [2.45, 2.75) is 25.3 Å². The lowest BCUT2D eigenvalue weighted by atomic mass is 10.1. The highest BCUT2D eigenvalue weighted by atomic mass is 32.2. The quantitative estimate of drug-likeness (QED) is 0.860. The van der Waals surface area contributed by atoms with Crippen LogP contribution in [0.2, 0.25) is 0 Å². The zero-order valence-electron chi connectivity index (χ0n) is 12.6. The zero-order valence-corrected chi connectivity index (χ0v) is 13.4. The summed E-state index contributed by atoms with van der Waals surface area (Å²) in [6.45, 7) is 0.834. The van der Waals surface area contributed by atoms with Crippen LogP contribution in [0, 0.1) is 0 Å². The minimum absolute atomic E-state index is 0.307. The Hall–Kier alpha value is -1.27. The highest BCUT2D eigenvalue weighted by Crippen LogP contribution is 2.27. The molecular formula is C15H23NO4S. The summed E-state index contributed by atoms with van der Waals surface area (Å²) in [5, 5.41) is 3.44. The number of nitrogens with one attached hydrogen (secondary N) is 1. The standard InChI is InChI=1S/C15H23NO4S/c1-19-14-4-3-12(11-15(14)20-2)5-8-16-13-6-9-21(17,18)10-7-13/h3-4,11,13,16H,5-10H2,1-2H3. The van der Waals surface area contributed by atoms with Gasteiger partial charge in [0.1, 0.15) is 9.84 Å². The van der Waals surface area contributed by atoms with Crippen LogP contribution >= 0.6 is 0 Å². The number of methoxy groups -OCH3 is 2. The fraction of sp³-hybridized carbons (Fsp3) is 0.600. The molecule has 0 aliphatic carbocycles. The summed E-state index contributed by atoms with van der Waals surface area (Å²) >= 11 is 0. The third-order valence-corrected chi connectivity index (χ3v) is 5.56. The molecule has 6 heteroatoms. The van der Waals surface area contributed by atoms with E-state index in [1.54, 1.807) is 14.2 Å². The third-order valence-electron chi connectivity index (χ3n) is 3.85. The van der Waals surface area contributed by atoms with Gasteiger partial charge in [-0.25, -0.2) is 8.42 Å². The second-order valence-electron chi connectivity index (χ2n) is 5.32. The molecule has 2 rings (SSSR count). The van der Waals surface area contributed by atoms with Gasteiger partial charge in [-0.15, -0.1) is 0 Å². The molecule has 0 amide bonds. The van der Waals surface area contributed by atoms with Gasteiger partial charge in [0.15, 0.2) is 11.5 Å². The van der Waals surface area contributed by atoms with Crippen LogP contribution in [0.4, 0.5) is 0 Å². The number of hydrogen-bond donors (Lipinski definition) is 1. The summed E-state index contributed by atoms with van der Waals surface area (Å²) in [6, 6.07) is 6.22. The molecule has 1 fully saturated rings. The molecule has 5 nitrogen and oxygen atoms in total. The first-order chi connectivity index (χ1) is 10.0. The Balaban J connectivity index is 1.81. The average Bonchev–Trinajstić information content (AvgIpc) is 2.48. The van der Waals surface area contributed by atoms with Crippen molar-refractivity contribution in [1.29, 1.82) is 0 Å². The van der Waals surface area contributed by atoms with E-state index >= 15 is 0 Å². The molecule has 0 bridgehead atoms. The second-order valence-corrected chi connectivity index (χ2v) is 7.62. The van der Waals surface area contributed by atoms with Gasteiger partial charge in [-0.05, 0) is 43.5 Å². The molecule has 1 aliphatic heterocycles. The molecule has 0 spiro atoms. The Morgan fingerprint density at radius 2 is 1.81 bits per heavy atom. The van der Waals surface area contributed by atoms with Gasteiger partial charge in [0, 0.05) is 6.04 Å². The summed E-state index contributed by atoms with van der Waals surface area (Å²) in [4.78, 5) is 0. The summed E-state index contributed by atoms with van der Waals surface area (Å²) in [5.74, 6) is 2.08. The molecule has 0 radical (unpaired) electrons. The van der Waals surface area contributed by atoms with Crippen LogP contribution < -0.4 is 14.8 Å². The topological polar surface area (TPSA) is 64.6 Å².